The van der Waals surface area contributed by atoms with Crippen LogP contribution in [0.5, 0.6) is 0 Å². The fraction of sp³-hybridized carbons (Fsp3) is 0.923. The Morgan fingerprint density at radius 2 is 1.94 bits per heavy atom. The predicted octanol–water partition coefficient (Wildman–Crippen LogP) is 1.27. The van der Waals surface area contributed by atoms with Gasteiger partial charge in [0.25, 0.3) is 0 Å². The molecule has 17 heavy (non-hydrogen) atoms. The molecule has 2 rings (SSSR count). The highest BCUT2D eigenvalue weighted by Gasteiger charge is 2.37. The molecule has 0 bridgehead atoms. The lowest BCUT2D eigenvalue weighted by Gasteiger charge is -2.39. The van der Waals surface area contributed by atoms with Gasteiger partial charge in [-0.2, -0.15) is 0 Å². The van der Waals surface area contributed by atoms with Crippen LogP contribution in [0.3, 0.4) is 0 Å². The van der Waals surface area contributed by atoms with E-state index in [4.69, 9.17) is 0 Å². The Bertz CT molecular complexity index is 262. The minimum Gasteiger partial charge on any atom is -0.481 e. The van der Waals surface area contributed by atoms with Crippen LogP contribution in [-0.2, 0) is 4.79 Å². The first kappa shape index (κ1) is 12.8. The van der Waals surface area contributed by atoms with Gasteiger partial charge in [-0.15, -0.1) is 0 Å². The van der Waals surface area contributed by atoms with Crippen molar-refractivity contribution in [1.82, 2.24) is 9.80 Å². The van der Waals surface area contributed by atoms with Gasteiger partial charge < -0.3 is 10.0 Å². The quantitative estimate of drug-likeness (QED) is 0.803. The van der Waals surface area contributed by atoms with Gasteiger partial charge in [0.15, 0.2) is 0 Å². The van der Waals surface area contributed by atoms with Crippen LogP contribution in [0.25, 0.3) is 0 Å². The molecule has 2 atom stereocenters. The number of aliphatic carboxylic acids is 1. The average molecular weight is 240 g/mol. The minimum absolute atomic E-state index is 0.118. The number of carboxylic acid groups (broad SMARTS) is 1. The van der Waals surface area contributed by atoms with Gasteiger partial charge in [-0.05, 0) is 25.8 Å². The normalized spacial score (nSPS) is 31.8. The summed E-state index contributed by atoms with van der Waals surface area (Å²) >= 11 is 0. The molecular formula is C13H24N2O2. The second-order valence-electron chi connectivity index (χ2n) is 5.32. The first-order valence-corrected chi connectivity index (χ1v) is 6.91. The third-order valence-corrected chi connectivity index (χ3v) is 4.21. The van der Waals surface area contributed by atoms with Gasteiger partial charge in [-0.1, -0.05) is 13.3 Å². The van der Waals surface area contributed by atoms with Gasteiger partial charge >= 0.3 is 5.97 Å². The second kappa shape index (κ2) is 5.83. The van der Waals surface area contributed by atoms with E-state index in [0.29, 0.717) is 6.04 Å². The highest BCUT2D eigenvalue weighted by atomic mass is 16.4. The van der Waals surface area contributed by atoms with Crippen LogP contribution in [0.1, 0.15) is 32.6 Å². The molecule has 0 radical (unpaired) electrons. The lowest BCUT2D eigenvalue weighted by atomic mass is 10.0. The van der Waals surface area contributed by atoms with E-state index in [1.807, 2.05) is 0 Å². The van der Waals surface area contributed by atoms with E-state index in [1.54, 1.807) is 0 Å². The number of carbonyl (C=O) groups is 1. The molecule has 1 aliphatic carbocycles. The molecule has 1 saturated carbocycles. The maximum Gasteiger partial charge on any atom is 0.308 e. The Morgan fingerprint density at radius 3 is 2.53 bits per heavy atom. The van der Waals surface area contributed by atoms with E-state index in [1.165, 1.54) is 13.0 Å². The maximum absolute atomic E-state index is 11.2. The molecule has 1 aliphatic heterocycles. The van der Waals surface area contributed by atoms with Crippen LogP contribution in [0.4, 0.5) is 0 Å². The van der Waals surface area contributed by atoms with E-state index in [0.717, 1.165) is 45.4 Å². The zero-order chi connectivity index (χ0) is 12.3. The van der Waals surface area contributed by atoms with Gasteiger partial charge in [0, 0.05) is 32.2 Å². The van der Waals surface area contributed by atoms with Gasteiger partial charge in [-0.25, -0.2) is 0 Å². The van der Waals surface area contributed by atoms with E-state index < -0.39 is 5.97 Å². The third-order valence-electron chi connectivity index (χ3n) is 4.21. The fourth-order valence-corrected chi connectivity index (χ4v) is 3.30. The topological polar surface area (TPSA) is 43.8 Å². The molecule has 2 fully saturated rings. The van der Waals surface area contributed by atoms with Gasteiger partial charge in [0.1, 0.15) is 0 Å². The van der Waals surface area contributed by atoms with Crippen LogP contribution in [0, 0.1) is 5.92 Å². The van der Waals surface area contributed by atoms with Crippen LogP contribution >= 0.6 is 0 Å². The Kier molecular flexibility index (Phi) is 4.40. The van der Waals surface area contributed by atoms with Crippen molar-refractivity contribution in [2.75, 3.05) is 32.7 Å². The summed E-state index contributed by atoms with van der Waals surface area (Å²) in [6.07, 6.45) is 4.23. The summed E-state index contributed by atoms with van der Waals surface area (Å²) in [5.41, 5.74) is 0. The first-order chi connectivity index (χ1) is 8.22. The summed E-state index contributed by atoms with van der Waals surface area (Å²) in [4.78, 5) is 16.1. The lowest BCUT2D eigenvalue weighted by molar-refractivity contribution is -0.143. The van der Waals surface area contributed by atoms with Crippen LogP contribution in [-0.4, -0.2) is 59.6 Å². The van der Waals surface area contributed by atoms with E-state index in [-0.39, 0.29) is 5.92 Å². The number of hydrogen-bond acceptors (Lipinski definition) is 3. The summed E-state index contributed by atoms with van der Waals surface area (Å²) < 4.78 is 0. The van der Waals surface area contributed by atoms with Crippen molar-refractivity contribution in [2.45, 2.75) is 38.6 Å². The SMILES string of the molecule is CCCN1CCN(C2CCCC2C(=O)O)CC1. The van der Waals surface area contributed by atoms with Crippen molar-refractivity contribution >= 4 is 5.97 Å². The zero-order valence-corrected chi connectivity index (χ0v) is 10.8. The maximum atomic E-state index is 11.2. The number of carboxylic acids is 1. The van der Waals surface area contributed by atoms with Crippen molar-refractivity contribution in [1.29, 1.82) is 0 Å². The molecule has 2 aliphatic rings. The van der Waals surface area contributed by atoms with Gasteiger partial charge in [-0.3, -0.25) is 9.69 Å². The summed E-state index contributed by atoms with van der Waals surface area (Å²) in [5, 5.41) is 9.21. The number of piperazine rings is 1. The Balaban J connectivity index is 1.85. The summed E-state index contributed by atoms with van der Waals surface area (Å²) in [5.74, 6) is -0.712. The summed E-state index contributed by atoms with van der Waals surface area (Å²) in [6, 6.07) is 0.302. The van der Waals surface area contributed by atoms with Crippen molar-refractivity contribution in [3.05, 3.63) is 0 Å². The molecule has 0 spiro atoms. The standard InChI is InChI=1S/C13H24N2O2/c1-2-6-14-7-9-15(10-8-14)12-5-3-4-11(12)13(16)17/h11-12H,2-10H2,1H3,(H,16,17). The number of rotatable bonds is 4. The number of hydrogen-bond donors (Lipinski definition) is 1. The average Bonchev–Trinajstić information content (AvgIpc) is 2.79. The third kappa shape index (κ3) is 2.99. The molecule has 0 amide bonds. The molecule has 1 N–H and O–H groups in total. The Labute approximate surface area is 104 Å². The molecule has 0 aromatic heterocycles. The van der Waals surface area contributed by atoms with Crippen LogP contribution in [0.2, 0.25) is 0 Å². The summed E-state index contributed by atoms with van der Waals surface area (Å²) in [7, 11) is 0. The van der Waals surface area contributed by atoms with Gasteiger partial charge in [0.05, 0.1) is 5.92 Å². The monoisotopic (exact) mass is 240 g/mol. The van der Waals surface area contributed by atoms with Crippen molar-refractivity contribution in [3.8, 4) is 0 Å². The van der Waals surface area contributed by atoms with E-state index in [9.17, 15) is 9.90 Å². The largest absolute Gasteiger partial charge is 0.481 e. The highest BCUT2D eigenvalue weighted by molar-refractivity contribution is 5.71. The predicted molar refractivity (Wildman–Crippen MR) is 67.1 cm³/mol. The van der Waals surface area contributed by atoms with E-state index >= 15 is 0 Å². The molecule has 4 heteroatoms. The Hall–Kier alpha value is -0.610. The molecule has 1 heterocycles. The highest BCUT2D eigenvalue weighted by Crippen LogP contribution is 2.30. The minimum atomic E-state index is -0.594. The molecule has 4 nitrogen and oxygen atoms in total. The molecule has 1 saturated heterocycles. The molecule has 0 aromatic rings. The molecule has 0 aromatic carbocycles. The fourth-order valence-electron chi connectivity index (χ4n) is 3.30. The van der Waals surface area contributed by atoms with Crippen LogP contribution in [0.15, 0.2) is 0 Å². The Morgan fingerprint density at radius 1 is 1.24 bits per heavy atom. The molecule has 98 valence electrons. The number of nitrogens with zero attached hydrogens (tertiary/aromatic N) is 2. The van der Waals surface area contributed by atoms with Crippen molar-refractivity contribution < 1.29 is 9.90 Å². The smallest absolute Gasteiger partial charge is 0.308 e. The van der Waals surface area contributed by atoms with Crippen molar-refractivity contribution in [2.24, 2.45) is 5.92 Å². The lowest BCUT2D eigenvalue weighted by Crippen LogP contribution is -2.52. The first-order valence-electron chi connectivity index (χ1n) is 6.91. The van der Waals surface area contributed by atoms with Crippen molar-refractivity contribution in [3.63, 3.8) is 0 Å². The van der Waals surface area contributed by atoms with Crippen LogP contribution < -0.4 is 0 Å². The molecule has 2 unspecified atom stereocenters. The van der Waals surface area contributed by atoms with E-state index in [2.05, 4.69) is 16.7 Å². The van der Waals surface area contributed by atoms with Gasteiger partial charge in [0.2, 0.25) is 0 Å². The second-order valence-corrected chi connectivity index (χ2v) is 5.32. The summed E-state index contributed by atoms with van der Waals surface area (Å²) in [6.45, 7) is 7.71. The molecular weight excluding hydrogens is 216 g/mol. The zero-order valence-electron chi connectivity index (χ0n) is 10.8.